The van der Waals surface area contributed by atoms with E-state index in [-0.39, 0.29) is 37.4 Å². The number of nitrogens with one attached hydrogen (secondary N) is 3. The molecule has 5 rings (SSSR count). The first-order valence-electron chi connectivity index (χ1n) is 16.9. The second-order valence-corrected chi connectivity index (χ2v) is 15.0. The Kier molecular flexibility index (Phi) is 11.7. The fourth-order valence-corrected chi connectivity index (χ4v) is 7.70. The topological polar surface area (TPSA) is 188 Å². The van der Waals surface area contributed by atoms with Crippen LogP contribution >= 0.6 is 7.60 Å². The predicted molar refractivity (Wildman–Crippen MR) is 187 cm³/mol. The highest BCUT2D eigenvalue weighted by molar-refractivity contribution is 7.50. The maximum absolute atomic E-state index is 13.9. The molecule has 11 nitrogen and oxygen atoms in total. The van der Waals surface area contributed by atoms with Gasteiger partial charge in [0, 0.05) is 18.9 Å². The third-order valence-corrected chi connectivity index (χ3v) is 10.3. The summed E-state index contributed by atoms with van der Waals surface area (Å²) < 4.78 is 11.6. The first-order chi connectivity index (χ1) is 23.4. The quantitative estimate of drug-likeness (QED) is 0.159. The van der Waals surface area contributed by atoms with E-state index in [4.69, 9.17) is 5.73 Å². The number of allylic oxidation sites excluding steroid dienone is 2. The maximum atomic E-state index is 13.9. The number of carbonyl (C=O) groups is 4. The summed E-state index contributed by atoms with van der Waals surface area (Å²) in [6.07, 6.45) is 7.50. The summed E-state index contributed by atoms with van der Waals surface area (Å²) >= 11 is 0. The minimum Gasteiger partial charge on any atom is -0.370 e. The number of carbonyl (C=O) groups excluding carboxylic acids is 4. The molecule has 1 heterocycles. The van der Waals surface area contributed by atoms with Gasteiger partial charge in [-0.25, -0.2) is 0 Å². The molecular formula is C37H45N4O7P. The Bertz CT molecular complexity index is 1740. The summed E-state index contributed by atoms with van der Waals surface area (Å²) in [7, 11) is -4.25. The molecule has 0 unspecified atom stereocenters. The Labute approximate surface area is 286 Å². The summed E-state index contributed by atoms with van der Waals surface area (Å²) in [6.45, 7) is 0.265. The lowest BCUT2D eigenvalue weighted by atomic mass is 9.80. The van der Waals surface area contributed by atoms with Gasteiger partial charge >= 0.3 is 7.60 Å². The zero-order valence-corrected chi connectivity index (χ0v) is 28.4. The molecule has 1 aliphatic carbocycles. The van der Waals surface area contributed by atoms with Crippen molar-refractivity contribution in [2.45, 2.75) is 81.4 Å². The Hall–Kier alpha value is -4.31. The van der Waals surface area contributed by atoms with Crippen molar-refractivity contribution in [1.82, 2.24) is 16.0 Å². The average Bonchev–Trinajstić information content (AvgIpc) is 3.06. The molecule has 1 spiro atoms. The van der Waals surface area contributed by atoms with Gasteiger partial charge in [0.15, 0.2) is 0 Å². The number of fused-ring (bicyclic) bond motifs is 1. The van der Waals surface area contributed by atoms with Gasteiger partial charge in [0.05, 0.1) is 12.6 Å². The summed E-state index contributed by atoms with van der Waals surface area (Å²) in [5.41, 5.74) is 6.64. The van der Waals surface area contributed by atoms with Crippen LogP contribution in [0.3, 0.4) is 0 Å². The molecule has 3 atom stereocenters. The van der Waals surface area contributed by atoms with Gasteiger partial charge in [0.2, 0.25) is 23.6 Å². The Balaban J connectivity index is 1.49. The van der Waals surface area contributed by atoms with Crippen molar-refractivity contribution in [2.24, 2.45) is 11.7 Å². The van der Waals surface area contributed by atoms with E-state index in [1.165, 1.54) is 0 Å². The molecule has 260 valence electrons. The van der Waals surface area contributed by atoms with Gasteiger partial charge < -0.3 is 31.5 Å². The number of primary amides is 1. The van der Waals surface area contributed by atoms with Gasteiger partial charge in [-0.3, -0.25) is 23.7 Å². The standard InChI is InChI=1S/C37H45N4O7P/c38-33(42)22-32-35(44)39-23-26(20-30-12-7-10-28-9-2-3-13-31(28)30)8-6-11-29(27-16-14-25(15-17-27)24-49(46,47)48)21-34(43)41-37(36(45)40-32)18-4-1-5-19-37/h2-3,6-7,9-17,26,29,32H,1,4-5,8,18-24H2,(H2,38,42)(H,39,44)(H,40,45)(H,41,43)(H2,46,47,48)/b11-6+/t26-,29-,32-/m0/s1. The molecule has 49 heavy (non-hydrogen) atoms. The van der Waals surface area contributed by atoms with Crippen molar-refractivity contribution >= 4 is 42.0 Å². The zero-order valence-electron chi connectivity index (χ0n) is 27.5. The highest BCUT2D eigenvalue weighted by atomic mass is 31.2. The van der Waals surface area contributed by atoms with Crippen LogP contribution in [0.1, 0.15) is 74.0 Å². The highest BCUT2D eigenvalue weighted by Gasteiger charge is 2.42. The van der Waals surface area contributed by atoms with E-state index < -0.39 is 42.8 Å². The second kappa shape index (κ2) is 15.9. The maximum Gasteiger partial charge on any atom is 0.329 e. The molecule has 12 heteroatoms. The van der Waals surface area contributed by atoms with Crippen LogP contribution in [0.2, 0.25) is 0 Å². The number of amides is 4. The molecule has 4 amide bonds. The number of hydrogen-bond donors (Lipinski definition) is 6. The summed E-state index contributed by atoms with van der Waals surface area (Å²) in [6, 6.07) is 19.9. The average molecular weight is 689 g/mol. The largest absolute Gasteiger partial charge is 0.370 e. The minimum atomic E-state index is -4.25. The SMILES string of the molecule is NC(=O)C[C@@H]1NC(=O)C2(CCCCC2)NC(=O)C[C@@H](c2ccc(CP(=O)(O)O)cc2)/C=C/C[C@@H](Cc2cccc3ccccc23)CNC1=O. The normalized spacial score (nSPS) is 23.1. The van der Waals surface area contributed by atoms with Crippen molar-refractivity contribution in [3.05, 3.63) is 95.6 Å². The van der Waals surface area contributed by atoms with Crippen LogP contribution in [-0.4, -0.2) is 51.5 Å². The Morgan fingerprint density at radius 2 is 1.65 bits per heavy atom. The van der Waals surface area contributed by atoms with Crippen molar-refractivity contribution in [3.8, 4) is 0 Å². The molecule has 7 N–H and O–H groups in total. The number of benzene rings is 3. The van der Waals surface area contributed by atoms with Gasteiger partial charge in [-0.15, -0.1) is 0 Å². The molecule has 3 aromatic rings. The molecule has 0 saturated heterocycles. The molecule has 0 radical (unpaired) electrons. The Morgan fingerprint density at radius 1 is 0.939 bits per heavy atom. The fourth-order valence-electron chi connectivity index (χ4n) is 7.02. The van der Waals surface area contributed by atoms with Gasteiger partial charge in [0.1, 0.15) is 11.6 Å². The monoisotopic (exact) mass is 688 g/mol. The predicted octanol–water partition coefficient (Wildman–Crippen LogP) is 4.11. The van der Waals surface area contributed by atoms with Crippen LogP contribution in [-0.2, 0) is 36.3 Å². The lowest BCUT2D eigenvalue weighted by Gasteiger charge is -2.38. The van der Waals surface area contributed by atoms with Gasteiger partial charge in [-0.1, -0.05) is 98.1 Å². The van der Waals surface area contributed by atoms with E-state index >= 15 is 0 Å². The molecule has 2 aliphatic rings. The van der Waals surface area contributed by atoms with E-state index in [0.29, 0.717) is 44.1 Å². The molecule has 3 aromatic carbocycles. The first kappa shape index (κ1) is 36.0. The fraction of sp³-hybridized carbons (Fsp3) is 0.405. The molecule has 0 aromatic heterocycles. The first-order valence-corrected chi connectivity index (χ1v) is 18.7. The Morgan fingerprint density at radius 3 is 2.37 bits per heavy atom. The summed E-state index contributed by atoms with van der Waals surface area (Å²) in [4.78, 5) is 72.1. The van der Waals surface area contributed by atoms with Crippen LogP contribution in [0, 0.1) is 5.92 Å². The van der Waals surface area contributed by atoms with Crippen LogP contribution < -0.4 is 21.7 Å². The number of nitrogens with two attached hydrogens (primary N) is 1. The number of hydrogen-bond acceptors (Lipinski definition) is 5. The van der Waals surface area contributed by atoms with E-state index in [2.05, 4.69) is 28.1 Å². The number of rotatable bonds is 7. The third kappa shape index (κ3) is 9.88. The highest BCUT2D eigenvalue weighted by Crippen LogP contribution is 2.39. The van der Waals surface area contributed by atoms with Gasteiger partial charge in [0.25, 0.3) is 0 Å². The van der Waals surface area contributed by atoms with E-state index in [1.807, 2.05) is 42.5 Å². The molecule has 1 aliphatic heterocycles. The van der Waals surface area contributed by atoms with Crippen LogP contribution in [0.5, 0.6) is 0 Å². The van der Waals surface area contributed by atoms with E-state index in [1.54, 1.807) is 24.3 Å². The van der Waals surface area contributed by atoms with Crippen molar-refractivity contribution in [1.29, 1.82) is 0 Å². The minimum absolute atomic E-state index is 0.0270. The van der Waals surface area contributed by atoms with Crippen molar-refractivity contribution < 1.29 is 33.5 Å². The summed E-state index contributed by atoms with van der Waals surface area (Å²) in [5, 5.41) is 10.9. The van der Waals surface area contributed by atoms with Crippen molar-refractivity contribution in [3.63, 3.8) is 0 Å². The van der Waals surface area contributed by atoms with Gasteiger partial charge in [-0.2, -0.15) is 0 Å². The summed E-state index contributed by atoms with van der Waals surface area (Å²) in [5.74, 6) is -2.58. The molecule has 1 fully saturated rings. The van der Waals surface area contributed by atoms with E-state index in [9.17, 15) is 33.5 Å². The lowest BCUT2D eigenvalue weighted by molar-refractivity contribution is -0.138. The smallest absolute Gasteiger partial charge is 0.329 e. The van der Waals surface area contributed by atoms with Crippen molar-refractivity contribution in [2.75, 3.05) is 6.54 Å². The van der Waals surface area contributed by atoms with Crippen LogP contribution in [0.25, 0.3) is 10.8 Å². The zero-order chi connectivity index (χ0) is 35.0. The molecular weight excluding hydrogens is 643 g/mol. The third-order valence-electron chi connectivity index (χ3n) is 9.54. The lowest BCUT2D eigenvalue weighted by Crippen LogP contribution is -2.63. The van der Waals surface area contributed by atoms with Crippen LogP contribution in [0.15, 0.2) is 78.9 Å². The van der Waals surface area contributed by atoms with E-state index in [0.717, 1.165) is 28.3 Å². The van der Waals surface area contributed by atoms with Crippen LogP contribution in [0.4, 0.5) is 0 Å². The molecule has 0 bridgehead atoms. The van der Waals surface area contributed by atoms with Gasteiger partial charge in [-0.05, 0) is 59.1 Å². The molecule has 1 saturated carbocycles. The second-order valence-electron chi connectivity index (χ2n) is 13.4.